The molecular weight excluding hydrogens is 332 g/mol. The van der Waals surface area contributed by atoms with Gasteiger partial charge in [-0.05, 0) is 50.6 Å². The van der Waals surface area contributed by atoms with Gasteiger partial charge in [-0.15, -0.1) is 0 Å². The van der Waals surface area contributed by atoms with Crippen LogP contribution in [0.5, 0.6) is 11.8 Å². The molecule has 26 heavy (non-hydrogen) atoms. The molecule has 0 aliphatic heterocycles. The third-order valence-corrected chi connectivity index (χ3v) is 4.03. The zero-order valence-electron chi connectivity index (χ0n) is 14.9. The summed E-state index contributed by atoms with van der Waals surface area (Å²) in [6, 6.07) is 9.04. The molecule has 0 fully saturated rings. The highest BCUT2D eigenvalue weighted by molar-refractivity contribution is 5.96. The average molecular weight is 352 g/mol. The molecule has 134 valence electrons. The molecular formula is C19H20N4O3. The summed E-state index contributed by atoms with van der Waals surface area (Å²) in [6.07, 6.45) is 3.87. The fourth-order valence-electron chi connectivity index (χ4n) is 2.79. The molecule has 7 nitrogen and oxygen atoms in total. The van der Waals surface area contributed by atoms with E-state index in [-0.39, 0.29) is 17.8 Å². The van der Waals surface area contributed by atoms with E-state index in [0.717, 1.165) is 11.3 Å². The van der Waals surface area contributed by atoms with Gasteiger partial charge in [0.1, 0.15) is 11.5 Å². The Morgan fingerprint density at radius 2 is 1.88 bits per heavy atom. The number of hydrogen-bond donors (Lipinski definition) is 1. The van der Waals surface area contributed by atoms with Crippen LogP contribution >= 0.6 is 0 Å². The Morgan fingerprint density at radius 1 is 1.19 bits per heavy atom. The van der Waals surface area contributed by atoms with E-state index in [2.05, 4.69) is 20.4 Å². The van der Waals surface area contributed by atoms with Crippen molar-refractivity contribution in [1.82, 2.24) is 15.1 Å². The lowest BCUT2D eigenvalue weighted by Crippen LogP contribution is -2.21. The molecule has 0 bridgehead atoms. The zero-order valence-corrected chi connectivity index (χ0v) is 14.9. The van der Waals surface area contributed by atoms with E-state index in [4.69, 9.17) is 9.26 Å². The molecule has 2 heterocycles. The number of nitrogens with one attached hydrogen (secondary N) is 1. The highest BCUT2D eigenvalue weighted by atomic mass is 16.5. The molecule has 1 N–H and O–H groups in total. The molecule has 3 aromatic rings. The minimum Gasteiger partial charge on any atom is -0.424 e. The van der Waals surface area contributed by atoms with Gasteiger partial charge in [-0.2, -0.15) is 0 Å². The Labute approximate surface area is 151 Å². The van der Waals surface area contributed by atoms with Crippen molar-refractivity contribution in [3.8, 4) is 11.8 Å². The summed E-state index contributed by atoms with van der Waals surface area (Å²) in [7, 11) is 0. The van der Waals surface area contributed by atoms with Crippen LogP contribution in [0.4, 0.5) is 5.69 Å². The molecule has 0 saturated heterocycles. The van der Waals surface area contributed by atoms with Gasteiger partial charge in [0.15, 0.2) is 0 Å². The van der Waals surface area contributed by atoms with Gasteiger partial charge >= 0.3 is 6.01 Å². The third kappa shape index (κ3) is 3.88. The van der Waals surface area contributed by atoms with Crippen molar-refractivity contribution in [3.63, 3.8) is 0 Å². The van der Waals surface area contributed by atoms with E-state index in [1.807, 2.05) is 20.8 Å². The summed E-state index contributed by atoms with van der Waals surface area (Å²) in [6.45, 7) is 5.63. The number of benzene rings is 1. The second-order valence-corrected chi connectivity index (χ2v) is 5.85. The summed E-state index contributed by atoms with van der Waals surface area (Å²) in [5, 5.41) is 6.87. The highest BCUT2D eigenvalue weighted by Gasteiger charge is 2.25. The summed E-state index contributed by atoms with van der Waals surface area (Å²) in [4.78, 5) is 20.7. The van der Waals surface area contributed by atoms with Crippen molar-refractivity contribution in [2.75, 3.05) is 5.32 Å². The first-order valence-electron chi connectivity index (χ1n) is 8.37. The maximum absolute atomic E-state index is 12.7. The number of anilines is 1. The van der Waals surface area contributed by atoms with E-state index in [1.165, 1.54) is 0 Å². The van der Waals surface area contributed by atoms with Crippen molar-refractivity contribution in [1.29, 1.82) is 0 Å². The van der Waals surface area contributed by atoms with Crippen molar-refractivity contribution in [2.45, 2.75) is 33.1 Å². The van der Waals surface area contributed by atoms with Gasteiger partial charge in [-0.3, -0.25) is 4.79 Å². The number of ether oxygens (including phenoxy) is 1. The maximum Gasteiger partial charge on any atom is 0.321 e. The summed E-state index contributed by atoms with van der Waals surface area (Å²) in [5.41, 5.74) is 2.28. The first-order chi connectivity index (χ1) is 12.6. The standard InChI is InChI=1S/C19H20N4O3/c1-4-16(17-12(2)23-26-13(17)3)18(24)22-14-6-8-15(9-7-14)25-19-20-10-5-11-21-19/h5-11,16H,4H2,1-3H3,(H,22,24)/t16-/m1/s1. The topological polar surface area (TPSA) is 90.1 Å². The van der Waals surface area contributed by atoms with Crippen molar-refractivity contribution in [3.05, 3.63) is 59.7 Å². The number of nitrogens with zero attached hydrogens (tertiary/aromatic N) is 3. The van der Waals surface area contributed by atoms with Crippen LogP contribution in [0, 0.1) is 13.8 Å². The lowest BCUT2D eigenvalue weighted by atomic mass is 9.94. The van der Waals surface area contributed by atoms with Gasteiger partial charge in [0.25, 0.3) is 0 Å². The van der Waals surface area contributed by atoms with Crippen LogP contribution in [0.3, 0.4) is 0 Å². The molecule has 0 spiro atoms. The molecule has 0 radical (unpaired) electrons. The monoisotopic (exact) mass is 352 g/mol. The molecule has 3 rings (SSSR count). The normalized spacial score (nSPS) is 11.8. The first kappa shape index (κ1) is 17.6. The summed E-state index contributed by atoms with van der Waals surface area (Å²) in [5.74, 6) is 0.861. The maximum atomic E-state index is 12.7. The van der Waals surface area contributed by atoms with Crippen molar-refractivity contribution in [2.24, 2.45) is 0 Å². The number of carbonyl (C=O) groups is 1. The summed E-state index contributed by atoms with van der Waals surface area (Å²) < 4.78 is 10.7. The zero-order chi connectivity index (χ0) is 18.5. The van der Waals surface area contributed by atoms with Crippen LogP contribution in [0.1, 0.15) is 36.3 Å². The van der Waals surface area contributed by atoms with Crippen molar-refractivity contribution >= 4 is 11.6 Å². The van der Waals surface area contributed by atoms with E-state index in [0.29, 0.717) is 23.6 Å². The van der Waals surface area contributed by atoms with E-state index in [1.54, 1.807) is 42.7 Å². The second kappa shape index (κ2) is 7.77. The second-order valence-electron chi connectivity index (χ2n) is 5.85. The van der Waals surface area contributed by atoms with Gasteiger partial charge in [0.05, 0.1) is 11.6 Å². The van der Waals surface area contributed by atoms with Crippen LogP contribution in [0.2, 0.25) is 0 Å². The van der Waals surface area contributed by atoms with Gasteiger partial charge in [-0.25, -0.2) is 9.97 Å². The number of aryl methyl sites for hydroxylation is 2. The average Bonchev–Trinajstić information content (AvgIpc) is 2.97. The molecule has 1 atom stereocenters. The smallest absolute Gasteiger partial charge is 0.321 e. The predicted molar refractivity (Wildman–Crippen MR) is 96.2 cm³/mol. The number of amides is 1. The largest absolute Gasteiger partial charge is 0.424 e. The fourth-order valence-corrected chi connectivity index (χ4v) is 2.79. The number of hydrogen-bond acceptors (Lipinski definition) is 6. The Kier molecular flexibility index (Phi) is 5.26. The van der Waals surface area contributed by atoms with Gasteiger partial charge < -0.3 is 14.6 Å². The van der Waals surface area contributed by atoms with E-state index >= 15 is 0 Å². The molecule has 1 amide bonds. The summed E-state index contributed by atoms with van der Waals surface area (Å²) >= 11 is 0. The first-order valence-corrected chi connectivity index (χ1v) is 8.37. The van der Waals surface area contributed by atoms with Crippen LogP contribution in [-0.4, -0.2) is 21.0 Å². The predicted octanol–water partition coefficient (Wildman–Crippen LogP) is 4.01. The minimum absolute atomic E-state index is 0.0954. The number of aromatic nitrogens is 3. The Morgan fingerprint density at radius 3 is 2.46 bits per heavy atom. The molecule has 0 aliphatic carbocycles. The lowest BCUT2D eigenvalue weighted by Gasteiger charge is -2.15. The molecule has 7 heteroatoms. The van der Waals surface area contributed by atoms with Gasteiger partial charge in [0, 0.05) is 23.6 Å². The number of rotatable bonds is 6. The van der Waals surface area contributed by atoms with Crippen LogP contribution in [-0.2, 0) is 4.79 Å². The number of carbonyl (C=O) groups excluding carboxylic acids is 1. The Hall–Kier alpha value is -3.22. The molecule has 0 unspecified atom stereocenters. The lowest BCUT2D eigenvalue weighted by molar-refractivity contribution is -0.117. The fraction of sp³-hybridized carbons (Fsp3) is 0.263. The SMILES string of the molecule is CC[C@@H](C(=O)Nc1ccc(Oc2ncccn2)cc1)c1c(C)noc1C. The van der Waals surface area contributed by atoms with Crippen LogP contribution < -0.4 is 10.1 Å². The van der Waals surface area contributed by atoms with Crippen LogP contribution in [0.25, 0.3) is 0 Å². The van der Waals surface area contributed by atoms with E-state index < -0.39 is 0 Å². The van der Waals surface area contributed by atoms with E-state index in [9.17, 15) is 4.79 Å². The quantitative estimate of drug-likeness (QED) is 0.721. The highest BCUT2D eigenvalue weighted by Crippen LogP contribution is 2.28. The van der Waals surface area contributed by atoms with Gasteiger partial charge in [0.2, 0.25) is 5.91 Å². The molecule has 1 aromatic carbocycles. The minimum atomic E-state index is -0.310. The Bertz CT molecular complexity index is 856. The van der Waals surface area contributed by atoms with Crippen LogP contribution in [0.15, 0.2) is 47.2 Å². The van der Waals surface area contributed by atoms with Crippen molar-refractivity contribution < 1.29 is 14.1 Å². The molecule has 0 aliphatic rings. The Balaban J connectivity index is 1.69. The molecule has 2 aromatic heterocycles. The molecule has 0 saturated carbocycles. The third-order valence-electron chi connectivity index (χ3n) is 4.03. The van der Waals surface area contributed by atoms with Gasteiger partial charge in [-0.1, -0.05) is 12.1 Å².